The van der Waals surface area contributed by atoms with Gasteiger partial charge in [0.25, 0.3) is 0 Å². The number of esters is 1. The van der Waals surface area contributed by atoms with E-state index in [9.17, 15) is 28.0 Å². The maximum absolute atomic E-state index is 13.6. The van der Waals surface area contributed by atoms with Crippen molar-refractivity contribution >= 4 is 40.8 Å². The van der Waals surface area contributed by atoms with Gasteiger partial charge in [0.15, 0.2) is 0 Å². The molecule has 0 aromatic heterocycles. The summed E-state index contributed by atoms with van der Waals surface area (Å²) in [6.07, 6.45) is 3.63. The van der Waals surface area contributed by atoms with Crippen molar-refractivity contribution in [3.8, 4) is 0 Å². The van der Waals surface area contributed by atoms with E-state index in [0.717, 1.165) is 25.0 Å². The van der Waals surface area contributed by atoms with E-state index in [1.807, 2.05) is 0 Å². The fraction of sp³-hybridized carbons (Fsp3) is 0.267. The van der Waals surface area contributed by atoms with Crippen molar-refractivity contribution in [2.75, 3.05) is 23.1 Å². The van der Waals surface area contributed by atoms with Gasteiger partial charge in [-0.15, -0.1) is 0 Å². The topological polar surface area (TPSA) is 114 Å². The highest BCUT2D eigenvalue weighted by Crippen LogP contribution is 2.24. The Labute approximate surface area is 231 Å². The molecule has 8 nitrogen and oxygen atoms in total. The van der Waals surface area contributed by atoms with Gasteiger partial charge in [-0.1, -0.05) is 37.1 Å². The molecular formula is C30H31F2N3O5. The Morgan fingerprint density at radius 2 is 1.20 bits per heavy atom. The number of benzene rings is 3. The van der Waals surface area contributed by atoms with Crippen LogP contribution in [0.1, 0.15) is 50.0 Å². The molecule has 210 valence electrons. The lowest BCUT2D eigenvalue weighted by atomic mass is 9.96. The predicted octanol–water partition coefficient (Wildman–Crippen LogP) is 5.78. The summed E-state index contributed by atoms with van der Waals surface area (Å²) >= 11 is 0. The molecule has 0 atom stereocenters. The summed E-state index contributed by atoms with van der Waals surface area (Å²) in [6, 6.07) is 16.7. The molecule has 3 N–H and O–H groups in total. The summed E-state index contributed by atoms with van der Waals surface area (Å²) in [4.78, 5) is 49.8. The van der Waals surface area contributed by atoms with Gasteiger partial charge in [0.05, 0.1) is 7.11 Å². The van der Waals surface area contributed by atoms with Crippen LogP contribution < -0.4 is 16.0 Å². The van der Waals surface area contributed by atoms with Crippen molar-refractivity contribution in [1.29, 1.82) is 0 Å². The zero-order valence-electron chi connectivity index (χ0n) is 22.0. The Hall–Kier alpha value is -4.60. The van der Waals surface area contributed by atoms with Gasteiger partial charge in [0.2, 0.25) is 17.7 Å². The van der Waals surface area contributed by atoms with Crippen molar-refractivity contribution in [2.45, 2.75) is 44.4 Å². The van der Waals surface area contributed by atoms with E-state index in [1.54, 1.807) is 12.1 Å². The highest BCUT2D eigenvalue weighted by atomic mass is 19.1. The molecule has 3 amide bonds. The molecule has 3 rings (SSSR count). The Balaban J connectivity index is 1.65. The fourth-order valence-electron chi connectivity index (χ4n) is 3.98. The molecule has 0 saturated heterocycles. The monoisotopic (exact) mass is 551 g/mol. The van der Waals surface area contributed by atoms with E-state index >= 15 is 0 Å². The SMILES string of the molecule is COC(=O)CCCCCCC(=O)Nc1ccc(C(C(=O)Nc2cccc(F)c2)C(=O)Nc2cccc(F)c2)cc1. The van der Waals surface area contributed by atoms with E-state index in [4.69, 9.17) is 0 Å². The number of carbonyl (C=O) groups is 4. The Morgan fingerprint density at radius 3 is 1.70 bits per heavy atom. The number of amides is 3. The standard InChI is InChI=1S/C30H31F2N3O5/c1-40-27(37)13-5-3-2-4-12-26(36)33-23-16-14-20(15-17-23)28(29(38)34-24-10-6-8-21(31)18-24)30(39)35-25-11-7-9-22(32)19-25/h6-11,14-19,28H,2-5,12-13H2,1H3,(H,33,36)(H,34,38)(H,35,39). The normalized spacial score (nSPS) is 10.6. The molecule has 0 aliphatic carbocycles. The van der Waals surface area contributed by atoms with E-state index in [1.165, 1.54) is 55.6 Å². The third kappa shape index (κ3) is 9.61. The second-order valence-electron chi connectivity index (χ2n) is 9.09. The number of rotatable bonds is 13. The number of methoxy groups -OCH3 is 1. The maximum Gasteiger partial charge on any atom is 0.305 e. The largest absolute Gasteiger partial charge is 0.469 e. The first-order valence-electron chi connectivity index (χ1n) is 12.8. The predicted molar refractivity (Wildman–Crippen MR) is 148 cm³/mol. The number of unbranched alkanes of at least 4 members (excludes halogenated alkanes) is 3. The minimum Gasteiger partial charge on any atom is -0.469 e. The van der Waals surface area contributed by atoms with Crippen molar-refractivity contribution in [1.82, 2.24) is 0 Å². The Bertz CT molecular complexity index is 1270. The molecule has 0 radical (unpaired) electrons. The number of nitrogens with one attached hydrogen (secondary N) is 3. The van der Waals surface area contributed by atoms with Crippen LogP contribution in [0.3, 0.4) is 0 Å². The van der Waals surface area contributed by atoms with Crippen molar-refractivity contribution < 1.29 is 32.7 Å². The first-order valence-corrected chi connectivity index (χ1v) is 12.8. The summed E-state index contributed by atoms with van der Waals surface area (Å²) in [5, 5.41) is 7.87. The van der Waals surface area contributed by atoms with E-state index in [2.05, 4.69) is 20.7 Å². The number of anilines is 3. The molecule has 0 heterocycles. The highest BCUT2D eigenvalue weighted by molar-refractivity contribution is 6.15. The third-order valence-electron chi connectivity index (χ3n) is 6.00. The highest BCUT2D eigenvalue weighted by Gasteiger charge is 2.29. The van der Waals surface area contributed by atoms with Gasteiger partial charge in [-0.25, -0.2) is 8.78 Å². The molecule has 0 bridgehead atoms. The molecule has 3 aromatic rings. The van der Waals surface area contributed by atoms with Crippen LogP contribution >= 0.6 is 0 Å². The van der Waals surface area contributed by atoms with Gasteiger partial charge in [-0.3, -0.25) is 19.2 Å². The van der Waals surface area contributed by atoms with E-state index in [0.29, 0.717) is 36.9 Å². The molecule has 0 aliphatic heterocycles. The van der Waals surface area contributed by atoms with Gasteiger partial charge in [0, 0.05) is 29.9 Å². The van der Waals surface area contributed by atoms with Crippen molar-refractivity contribution in [3.05, 3.63) is 90.0 Å². The van der Waals surface area contributed by atoms with Crippen LogP contribution in [0.2, 0.25) is 0 Å². The molecule has 0 unspecified atom stereocenters. The molecule has 0 fully saturated rings. The molecular weight excluding hydrogens is 520 g/mol. The average Bonchev–Trinajstić information content (AvgIpc) is 2.91. The zero-order valence-corrected chi connectivity index (χ0v) is 22.0. The number of hydrogen-bond donors (Lipinski definition) is 3. The number of carbonyl (C=O) groups excluding carboxylic acids is 4. The van der Waals surface area contributed by atoms with Crippen LogP contribution in [0.4, 0.5) is 25.8 Å². The molecule has 0 saturated carbocycles. The lowest BCUT2D eigenvalue weighted by Gasteiger charge is -2.18. The molecule has 10 heteroatoms. The second kappa shape index (κ2) is 15.1. The first-order chi connectivity index (χ1) is 19.2. The van der Waals surface area contributed by atoms with Crippen molar-refractivity contribution in [3.63, 3.8) is 0 Å². The lowest BCUT2D eigenvalue weighted by molar-refractivity contribution is -0.140. The maximum atomic E-state index is 13.6. The van der Waals surface area contributed by atoms with Crippen molar-refractivity contribution in [2.24, 2.45) is 0 Å². The molecule has 3 aromatic carbocycles. The Kier molecular flexibility index (Phi) is 11.3. The van der Waals surface area contributed by atoms with Crippen LogP contribution in [-0.4, -0.2) is 30.8 Å². The van der Waals surface area contributed by atoms with Crippen LogP contribution in [-0.2, 0) is 23.9 Å². The van der Waals surface area contributed by atoms with Gasteiger partial charge >= 0.3 is 5.97 Å². The molecule has 0 spiro atoms. The summed E-state index contributed by atoms with van der Waals surface area (Å²) in [7, 11) is 1.35. The summed E-state index contributed by atoms with van der Waals surface area (Å²) < 4.78 is 31.9. The Morgan fingerprint density at radius 1 is 0.675 bits per heavy atom. The van der Waals surface area contributed by atoms with Crippen LogP contribution in [0.25, 0.3) is 0 Å². The second-order valence-corrected chi connectivity index (χ2v) is 9.09. The lowest BCUT2D eigenvalue weighted by Crippen LogP contribution is -2.32. The fourth-order valence-corrected chi connectivity index (χ4v) is 3.98. The van der Waals surface area contributed by atoms with Gasteiger partial charge in [0.1, 0.15) is 17.6 Å². The van der Waals surface area contributed by atoms with Gasteiger partial charge in [-0.2, -0.15) is 0 Å². The summed E-state index contributed by atoms with van der Waals surface area (Å²) in [5.74, 6) is -4.35. The van der Waals surface area contributed by atoms with Crippen LogP contribution in [0, 0.1) is 11.6 Å². The number of halogens is 2. The minimum atomic E-state index is -1.36. The van der Waals surface area contributed by atoms with E-state index in [-0.39, 0.29) is 23.3 Å². The number of ether oxygens (including phenoxy) is 1. The summed E-state index contributed by atoms with van der Waals surface area (Å²) in [5.41, 5.74) is 1.13. The summed E-state index contributed by atoms with van der Waals surface area (Å²) in [6.45, 7) is 0. The molecule has 40 heavy (non-hydrogen) atoms. The minimum absolute atomic E-state index is 0.169. The van der Waals surface area contributed by atoms with Crippen LogP contribution in [0.5, 0.6) is 0 Å². The smallest absolute Gasteiger partial charge is 0.305 e. The average molecular weight is 552 g/mol. The number of hydrogen-bond acceptors (Lipinski definition) is 5. The first kappa shape index (κ1) is 29.9. The van der Waals surface area contributed by atoms with E-state index < -0.39 is 29.4 Å². The zero-order chi connectivity index (χ0) is 28.9. The quantitative estimate of drug-likeness (QED) is 0.142. The van der Waals surface area contributed by atoms with Gasteiger partial charge < -0.3 is 20.7 Å². The molecule has 0 aliphatic rings. The van der Waals surface area contributed by atoms with Crippen LogP contribution in [0.15, 0.2) is 72.8 Å². The van der Waals surface area contributed by atoms with Gasteiger partial charge in [-0.05, 0) is 66.9 Å². The third-order valence-corrected chi connectivity index (χ3v) is 6.00.